The van der Waals surface area contributed by atoms with Gasteiger partial charge in [0.15, 0.2) is 0 Å². The molecule has 3 rings (SSSR count). The first-order chi connectivity index (χ1) is 12.3. The summed E-state index contributed by atoms with van der Waals surface area (Å²) in [6, 6.07) is 12.9. The summed E-state index contributed by atoms with van der Waals surface area (Å²) in [6.45, 7) is 0. The van der Waals surface area contributed by atoms with Gasteiger partial charge < -0.3 is 0 Å². The molecule has 0 saturated carbocycles. The fourth-order valence-electron chi connectivity index (χ4n) is 1.89. The Hall–Kier alpha value is -2.01. The van der Waals surface area contributed by atoms with Crippen molar-refractivity contribution in [2.24, 2.45) is 0 Å². The summed E-state index contributed by atoms with van der Waals surface area (Å²) in [5, 5.41) is 10.4. The van der Waals surface area contributed by atoms with E-state index in [4.69, 9.17) is 11.6 Å². The number of rotatable bonds is 5. The molecule has 134 valence electrons. The number of carbonyl (C=O) groups excluding carboxylic acids is 1. The normalized spacial score (nSPS) is 11.2. The summed E-state index contributed by atoms with van der Waals surface area (Å²) in [5.41, 5.74) is 0.739. The van der Waals surface area contributed by atoms with Gasteiger partial charge in [0.2, 0.25) is 5.13 Å². The molecule has 1 amide bonds. The molecule has 1 aromatic heterocycles. The average Bonchev–Trinajstić information content (AvgIpc) is 3.04. The molecule has 0 bridgehead atoms. The van der Waals surface area contributed by atoms with Crippen LogP contribution in [0.1, 0.15) is 10.4 Å². The second kappa shape index (κ2) is 7.70. The monoisotopic (exact) mass is 472 g/mol. The molecule has 2 N–H and O–H groups in total. The SMILES string of the molecule is O=C(Nc1nnc(S(=O)(=O)Nc2cccc(Br)c2)s1)c1ccc(Cl)cc1. The van der Waals surface area contributed by atoms with E-state index in [0.717, 1.165) is 15.8 Å². The second-order valence-electron chi connectivity index (χ2n) is 4.95. The van der Waals surface area contributed by atoms with E-state index in [1.54, 1.807) is 48.5 Å². The molecule has 0 aliphatic carbocycles. The van der Waals surface area contributed by atoms with Crippen molar-refractivity contribution >= 4 is 65.6 Å². The van der Waals surface area contributed by atoms with E-state index in [1.807, 2.05) is 0 Å². The number of anilines is 2. The highest BCUT2D eigenvalue weighted by molar-refractivity contribution is 9.10. The van der Waals surface area contributed by atoms with E-state index in [1.165, 1.54) is 0 Å². The number of amides is 1. The van der Waals surface area contributed by atoms with Crippen molar-refractivity contribution in [3.63, 3.8) is 0 Å². The van der Waals surface area contributed by atoms with Crippen molar-refractivity contribution in [3.8, 4) is 0 Å². The summed E-state index contributed by atoms with van der Waals surface area (Å²) in [7, 11) is -3.91. The molecule has 3 aromatic rings. The van der Waals surface area contributed by atoms with Gasteiger partial charge >= 0.3 is 0 Å². The highest BCUT2D eigenvalue weighted by Crippen LogP contribution is 2.24. The van der Waals surface area contributed by atoms with Crippen LogP contribution in [0.25, 0.3) is 0 Å². The molecule has 1 heterocycles. The number of halogens is 2. The van der Waals surface area contributed by atoms with Crippen LogP contribution in [-0.4, -0.2) is 24.5 Å². The predicted molar refractivity (Wildman–Crippen MR) is 104 cm³/mol. The molecule has 7 nitrogen and oxygen atoms in total. The smallest absolute Gasteiger partial charge is 0.291 e. The first-order valence-electron chi connectivity index (χ1n) is 7.02. The number of hydrogen-bond acceptors (Lipinski definition) is 6. The molecular formula is C15H10BrClN4O3S2. The lowest BCUT2D eigenvalue weighted by atomic mass is 10.2. The van der Waals surface area contributed by atoms with Crippen LogP contribution in [0.15, 0.2) is 57.3 Å². The lowest BCUT2D eigenvalue weighted by Crippen LogP contribution is -2.12. The molecule has 0 radical (unpaired) electrons. The van der Waals surface area contributed by atoms with Gasteiger partial charge in [0.25, 0.3) is 20.3 Å². The van der Waals surface area contributed by atoms with Gasteiger partial charge in [0.05, 0.1) is 5.69 Å². The van der Waals surface area contributed by atoms with E-state index in [9.17, 15) is 13.2 Å². The molecule has 0 aliphatic rings. The largest absolute Gasteiger partial charge is 0.296 e. The Kier molecular flexibility index (Phi) is 5.56. The Balaban J connectivity index is 1.74. The summed E-state index contributed by atoms with van der Waals surface area (Å²) in [6.07, 6.45) is 0. The quantitative estimate of drug-likeness (QED) is 0.545. The van der Waals surface area contributed by atoms with Crippen molar-refractivity contribution in [3.05, 3.63) is 63.6 Å². The summed E-state index contributed by atoms with van der Waals surface area (Å²) in [4.78, 5) is 12.1. The molecule has 26 heavy (non-hydrogen) atoms. The topological polar surface area (TPSA) is 101 Å². The Morgan fingerprint density at radius 2 is 1.85 bits per heavy atom. The van der Waals surface area contributed by atoms with Crippen LogP contribution >= 0.6 is 38.9 Å². The highest BCUT2D eigenvalue weighted by atomic mass is 79.9. The number of sulfonamides is 1. The highest BCUT2D eigenvalue weighted by Gasteiger charge is 2.21. The van der Waals surface area contributed by atoms with Gasteiger partial charge in [-0.15, -0.1) is 10.2 Å². The fourth-order valence-corrected chi connectivity index (χ4v) is 4.36. The van der Waals surface area contributed by atoms with Crippen molar-refractivity contribution in [2.75, 3.05) is 10.0 Å². The first-order valence-corrected chi connectivity index (χ1v) is 10.5. The molecule has 0 unspecified atom stereocenters. The van der Waals surface area contributed by atoms with E-state index < -0.39 is 15.9 Å². The zero-order valence-corrected chi connectivity index (χ0v) is 16.8. The minimum atomic E-state index is -3.91. The third-order valence-electron chi connectivity index (χ3n) is 3.04. The number of benzene rings is 2. The molecule has 0 aliphatic heterocycles. The fraction of sp³-hybridized carbons (Fsp3) is 0. The Labute approximate surface area is 166 Å². The minimum absolute atomic E-state index is 0.0690. The third-order valence-corrected chi connectivity index (χ3v) is 6.37. The van der Waals surface area contributed by atoms with E-state index >= 15 is 0 Å². The van der Waals surface area contributed by atoms with E-state index in [-0.39, 0.29) is 9.47 Å². The maximum absolute atomic E-state index is 12.4. The van der Waals surface area contributed by atoms with Gasteiger partial charge in [-0.25, -0.2) is 0 Å². The Bertz CT molecular complexity index is 1050. The Morgan fingerprint density at radius 1 is 1.12 bits per heavy atom. The molecular weight excluding hydrogens is 464 g/mol. The third kappa shape index (κ3) is 4.58. The molecule has 11 heteroatoms. The van der Waals surface area contributed by atoms with Gasteiger partial charge in [-0.1, -0.05) is 44.9 Å². The van der Waals surface area contributed by atoms with Crippen LogP contribution in [0, 0.1) is 0 Å². The van der Waals surface area contributed by atoms with Crippen LogP contribution < -0.4 is 10.0 Å². The number of nitrogens with zero attached hydrogens (tertiary/aromatic N) is 2. The summed E-state index contributed by atoms with van der Waals surface area (Å²) in [5.74, 6) is -0.443. The maximum Gasteiger partial charge on any atom is 0.291 e. The van der Waals surface area contributed by atoms with Gasteiger partial charge in [-0.2, -0.15) is 8.42 Å². The molecule has 0 atom stereocenters. The summed E-state index contributed by atoms with van der Waals surface area (Å²) >= 11 is 9.79. The first kappa shape index (κ1) is 18.8. The van der Waals surface area contributed by atoms with Gasteiger partial charge in [-0.3, -0.25) is 14.8 Å². The van der Waals surface area contributed by atoms with Crippen LogP contribution in [0.4, 0.5) is 10.8 Å². The number of hydrogen-bond donors (Lipinski definition) is 2. The van der Waals surface area contributed by atoms with E-state index in [0.29, 0.717) is 16.3 Å². The standard InChI is InChI=1S/C15H10BrClN4O3S2/c16-10-2-1-3-12(8-10)21-26(23,24)15-20-19-14(25-15)18-13(22)9-4-6-11(17)7-5-9/h1-8,21H,(H,18,19,22). The van der Waals surface area contributed by atoms with Crippen molar-refractivity contribution in [1.82, 2.24) is 10.2 Å². The zero-order valence-electron chi connectivity index (χ0n) is 12.8. The van der Waals surface area contributed by atoms with Crippen molar-refractivity contribution < 1.29 is 13.2 Å². The second-order valence-corrected chi connectivity index (χ2v) is 9.14. The summed E-state index contributed by atoms with van der Waals surface area (Å²) < 4.78 is 27.6. The van der Waals surface area contributed by atoms with E-state index in [2.05, 4.69) is 36.2 Å². The van der Waals surface area contributed by atoms with Gasteiger partial charge in [-0.05, 0) is 42.5 Å². The van der Waals surface area contributed by atoms with Crippen LogP contribution in [0.2, 0.25) is 5.02 Å². The predicted octanol–water partition coefficient (Wildman–Crippen LogP) is 4.01. The van der Waals surface area contributed by atoms with Gasteiger partial charge in [0, 0.05) is 15.1 Å². The molecule has 0 fully saturated rings. The van der Waals surface area contributed by atoms with Crippen molar-refractivity contribution in [2.45, 2.75) is 4.34 Å². The molecule has 2 aromatic carbocycles. The van der Waals surface area contributed by atoms with Crippen LogP contribution in [0.3, 0.4) is 0 Å². The number of nitrogens with one attached hydrogen (secondary N) is 2. The van der Waals surface area contributed by atoms with Gasteiger partial charge in [0.1, 0.15) is 0 Å². The minimum Gasteiger partial charge on any atom is -0.296 e. The number of carbonyl (C=O) groups is 1. The van der Waals surface area contributed by atoms with Crippen molar-refractivity contribution in [1.29, 1.82) is 0 Å². The van der Waals surface area contributed by atoms with Crippen LogP contribution in [0.5, 0.6) is 0 Å². The maximum atomic E-state index is 12.4. The lowest BCUT2D eigenvalue weighted by molar-refractivity contribution is 0.102. The zero-order chi connectivity index (χ0) is 18.7. The molecule has 0 saturated heterocycles. The van der Waals surface area contributed by atoms with Crippen LogP contribution in [-0.2, 0) is 10.0 Å². The Morgan fingerprint density at radius 3 is 2.54 bits per heavy atom. The average molecular weight is 474 g/mol. The lowest BCUT2D eigenvalue weighted by Gasteiger charge is -2.05. The molecule has 0 spiro atoms. The number of aromatic nitrogens is 2.